The van der Waals surface area contributed by atoms with Crippen LogP contribution in [0.2, 0.25) is 0 Å². The maximum absolute atomic E-state index is 9.87. The van der Waals surface area contributed by atoms with Gasteiger partial charge in [0.25, 0.3) is 0 Å². The lowest BCUT2D eigenvalue weighted by molar-refractivity contribution is 0.236. The van der Waals surface area contributed by atoms with Gasteiger partial charge in [0.2, 0.25) is 5.75 Å². The maximum Gasteiger partial charge on any atom is 0.200 e. The van der Waals surface area contributed by atoms with Gasteiger partial charge in [-0.1, -0.05) is 13.8 Å². The summed E-state index contributed by atoms with van der Waals surface area (Å²) in [6.45, 7) is 6.09. The third-order valence-corrected chi connectivity index (χ3v) is 3.48. The number of hydrogen-bond acceptors (Lipinski definition) is 5. The molecule has 0 atom stereocenters. The molecule has 1 aromatic carbocycles. The van der Waals surface area contributed by atoms with E-state index >= 15 is 0 Å². The number of phenols is 1. The van der Waals surface area contributed by atoms with Crippen molar-refractivity contribution in [2.75, 3.05) is 27.4 Å². The van der Waals surface area contributed by atoms with Crippen LogP contribution in [0, 0.1) is 5.41 Å². The SMILES string of the molecule is COc1cc(CNCC(C)(C)CCCO)cc(OC)c1O. The number of aromatic hydroxyl groups is 1. The second kappa shape index (κ2) is 8.10. The molecule has 0 aliphatic rings. The van der Waals surface area contributed by atoms with Crippen LogP contribution in [0.4, 0.5) is 0 Å². The standard InChI is InChI=1S/C16H27NO4/c1-16(2,6-5-7-18)11-17-10-12-8-13(20-3)15(19)14(9-12)21-4/h8-9,17-19H,5-7,10-11H2,1-4H3. The van der Waals surface area contributed by atoms with Gasteiger partial charge in [0.15, 0.2) is 11.5 Å². The second-order valence-electron chi connectivity index (χ2n) is 5.94. The van der Waals surface area contributed by atoms with E-state index in [0.29, 0.717) is 18.0 Å². The van der Waals surface area contributed by atoms with Crippen molar-refractivity contribution in [3.63, 3.8) is 0 Å². The first-order valence-electron chi connectivity index (χ1n) is 7.19. The first-order chi connectivity index (χ1) is 9.93. The second-order valence-corrected chi connectivity index (χ2v) is 5.94. The van der Waals surface area contributed by atoms with Crippen LogP contribution in [0.5, 0.6) is 17.2 Å². The number of hydrogen-bond donors (Lipinski definition) is 3. The van der Waals surface area contributed by atoms with E-state index in [1.165, 1.54) is 14.2 Å². The number of aliphatic hydroxyl groups is 1. The van der Waals surface area contributed by atoms with Crippen molar-refractivity contribution < 1.29 is 19.7 Å². The van der Waals surface area contributed by atoms with E-state index in [-0.39, 0.29) is 17.8 Å². The molecule has 0 radical (unpaired) electrons. The largest absolute Gasteiger partial charge is 0.502 e. The molecule has 3 N–H and O–H groups in total. The first-order valence-corrected chi connectivity index (χ1v) is 7.19. The molecule has 0 fully saturated rings. The van der Waals surface area contributed by atoms with E-state index in [9.17, 15) is 5.11 Å². The van der Waals surface area contributed by atoms with Crippen LogP contribution in [0.3, 0.4) is 0 Å². The zero-order valence-electron chi connectivity index (χ0n) is 13.4. The average molecular weight is 297 g/mol. The lowest BCUT2D eigenvalue weighted by atomic mass is 9.88. The Morgan fingerprint density at radius 3 is 2.19 bits per heavy atom. The van der Waals surface area contributed by atoms with Crippen LogP contribution in [0.25, 0.3) is 0 Å². The summed E-state index contributed by atoms with van der Waals surface area (Å²) in [5.41, 5.74) is 1.12. The summed E-state index contributed by atoms with van der Waals surface area (Å²) >= 11 is 0. The Kier molecular flexibility index (Phi) is 6.78. The molecule has 0 amide bonds. The van der Waals surface area contributed by atoms with Crippen LogP contribution in [-0.2, 0) is 6.54 Å². The number of benzene rings is 1. The fourth-order valence-corrected chi connectivity index (χ4v) is 2.24. The average Bonchev–Trinajstić information content (AvgIpc) is 2.46. The predicted octanol–water partition coefficient (Wildman–Crippen LogP) is 2.30. The fourth-order valence-electron chi connectivity index (χ4n) is 2.24. The molecular weight excluding hydrogens is 270 g/mol. The van der Waals surface area contributed by atoms with Crippen molar-refractivity contribution >= 4 is 0 Å². The van der Waals surface area contributed by atoms with Gasteiger partial charge in [-0.25, -0.2) is 0 Å². The molecule has 0 aromatic heterocycles. The predicted molar refractivity (Wildman–Crippen MR) is 83.0 cm³/mol. The fraction of sp³-hybridized carbons (Fsp3) is 0.625. The monoisotopic (exact) mass is 297 g/mol. The summed E-state index contributed by atoms with van der Waals surface area (Å²) in [5.74, 6) is 0.836. The number of phenolic OH excluding ortho intramolecular Hbond substituents is 1. The van der Waals surface area contributed by atoms with Crippen molar-refractivity contribution in [1.29, 1.82) is 0 Å². The van der Waals surface area contributed by atoms with Gasteiger partial charge in [-0.05, 0) is 36.0 Å². The summed E-state index contributed by atoms with van der Waals surface area (Å²) in [6.07, 6.45) is 1.79. The van der Waals surface area contributed by atoms with Crippen molar-refractivity contribution in [3.05, 3.63) is 17.7 Å². The summed E-state index contributed by atoms with van der Waals surface area (Å²) < 4.78 is 10.3. The van der Waals surface area contributed by atoms with E-state index in [1.54, 1.807) is 12.1 Å². The maximum atomic E-state index is 9.87. The van der Waals surface area contributed by atoms with E-state index in [2.05, 4.69) is 19.2 Å². The minimum atomic E-state index is 0.0204. The summed E-state index contributed by atoms with van der Waals surface area (Å²) in [4.78, 5) is 0. The van der Waals surface area contributed by atoms with Gasteiger partial charge < -0.3 is 25.0 Å². The number of nitrogens with one attached hydrogen (secondary N) is 1. The normalized spacial score (nSPS) is 11.5. The molecule has 0 unspecified atom stereocenters. The highest BCUT2D eigenvalue weighted by atomic mass is 16.5. The topological polar surface area (TPSA) is 71.0 Å². The van der Waals surface area contributed by atoms with Crippen molar-refractivity contribution in [2.45, 2.75) is 33.2 Å². The van der Waals surface area contributed by atoms with Crippen LogP contribution in [0.1, 0.15) is 32.3 Å². The Balaban J connectivity index is 2.63. The van der Waals surface area contributed by atoms with E-state index in [1.807, 2.05) is 0 Å². The smallest absolute Gasteiger partial charge is 0.200 e. The third kappa shape index (κ3) is 5.44. The van der Waals surface area contributed by atoms with Gasteiger partial charge in [-0.15, -0.1) is 0 Å². The van der Waals surface area contributed by atoms with E-state index < -0.39 is 0 Å². The zero-order chi connectivity index (χ0) is 15.9. The molecule has 0 bridgehead atoms. The summed E-state index contributed by atoms with van der Waals surface area (Å²) in [7, 11) is 3.04. The minimum absolute atomic E-state index is 0.0204. The van der Waals surface area contributed by atoms with Gasteiger partial charge in [0.1, 0.15) is 0 Å². The quantitative estimate of drug-likeness (QED) is 0.652. The zero-order valence-corrected chi connectivity index (χ0v) is 13.4. The van der Waals surface area contributed by atoms with Crippen molar-refractivity contribution in [1.82, 2.24) is 5.32 Å². The molecule has 21 heavy (non-hydrogen) atoms. The van der Waals surface area contributed by atoms with Crippen molar-refractivity contribution in [2.24, 2.45) is 5.41 Å². The number of rotatable bonds is 9. The molecule has 1 rings (SSSR count). The molecular formula is C16H27NO4. The van der Waals surface area contributed by atoms with Gasteiger partial charge >= 0.3 is 0 Å². The molecule has 5 nitrogen and oxygen atoms in total. The van der Waals surface area contributed by atoms with Crippen LogP contribution < -0.4 is 14.8 Å². The molecule has 1 aromatic rings. The van der Waals surface area contributed by atoms with Gasteiger partial charge in [0.05, 0.1) is 14.2 Å². The Labute approximate surface area is 126 Å². The number of aliphatic hydroxyl groups excluding tert-OH is 1. The molecule has 120 valence electrons. The molecule has 5 heteroatoms. The molecule has 0 saturated carbocycles. The van der Waals surface area contributed by atoms with Crippen LogP contribution in [0.15, 0.2) is 12.1 Å². The van der Waals surface area contributed by atoms with Crippen molar-refractivity contribution in [3.8, 4) is 17.2 Å². The molecule has 0 aliphatic carbocycles. The Morgan fingerprint density at radius 2 is 1.71 bits per heavy atom. The van der Waals surface area contributed by atoms with Crippen LogP contribution >= 0.6 is 0 Å². The third-order valence-electron chi connectivity index (χ3n) is 3.48. The highest BCUT2D eigenvalue weighted by Gasteiger charge is 2.17. The van der Waals surface area contributed by atoms with Gasteiger partial charge in [-0.3, -0.25) is 0 Å². The Morgan fingerprint density at radius 1 is 1.14 bits per heavy atom. The van der Waals surface area contributed by atoms with E-state index in [0.717, 1.165) is 24.9 Å². The lowest BCUT2D eigenvalue weighted by Crippen LogP contribution is -2.29. The van der Waals surface area contributed by atoms with Crippen LogP contribution in [-0.4, -0.2) is 37.6 Å². The van der Waals surface area contributed by atoms with Gasteiger partial charge in [-0.2, -0.15) is 0 Å². The minimum Gasteiger partial charge on any atom is -0.502 e. The Hall–Kier alpha value is -1.46. The number of ether oxygens (including phenoxy) is 2. The molecule has 0 aliphatic heterocycles. The van der Waals surface area contributed by atoms with E-state index in [4.69, 9.17) is 14.6 Å². The highest BCUT2D eigenvalue weighted by Crippen LogP contribution is 2.37. The Bertz CT molecular complexity index is 421. The first kappa shape index (κ1) is 17.6. The molecule has 0 saturated heterocycles. The highest BCUT2D eigenvalue weighted by molar-refractivity contribution is 5.52. The summed E-state index contributed by atoms with van der Waals surface area (Å²) in [5, 5.41) is 22.2. The lowest BCUT2D eigenvalue weighted by Gasteiger charge is -2.25. The molecule has 0 spiro atoms. The van der Waals surface area contributed by atoms with Gasteiger partial charge in [0, 0.05) is 19.7 Å². The number of methoxy groups -OCH3 is 2. The molecule has 0 heterocycles. The summed E-state index contributed by atoms with van der Waals surface area (Å²) in [6, 6.07) is 3.59.